The Balaban J connectivity index is 1.91. The van der Waals surface area contributed by atoms with Gasteiger partial charge in [0, 0.05) is 23.2 Å². The van der Waals surface area contributed by atoms with Crippen LogP contribution in [-0.4, -0.2) is 44.8 Å². The van der Waals surface area contributed by atoms with Gasteiger partial charge in [-0.15, -0.1) is 0 Å². The summed E-state index contributed by atoms with van der Waals surface area (Å²) in [6.45, 7) is 3.64. The highest BCUT2D eigenvalue weighted by molar-refractivity contribution is 5.96. The van der Waals surface area contributed by atoms with E-state index in [0.29, 0.717) is 33.8 Å². The second-order valence-corrected chi connectivity index (χ2v) is 6.88. The number of methoxy groups -OCH3 is 3. The monoisotopic (exact) mass is 424 g/mol. The van der Waals surface area contributed by atoms with Crippen molar-refractivity contribution in [3.05, 3.63) is 53.2 Å². The van der Waals surface area contributed by atoms with Gasteiger partial charge in [0.15, 0.2) is 23.8 Å². The van der Waals surface area contributed by atoms with Crippen molar-refractivity contribution in [1.82, 2.24) is 4.98 Å². The van der Waals surface area contributed by atoms with E-state index in [1.165, 1.54) is 27.4 Å². The Bertz CT molecular complexity index is 1140. The quantitative estimate of drug-likeness (QED) is 0.578. The van der Waals surface area contributed by atoms with Gasteiger partial charge in [0.05, 0.1) is 26.8 Å². The summed E-state index contributed by atoms with van der Waals surface area (Å²) in [5.74, 6) is 0.246. The first-order chi connectivity index (χ1) is 14.9. The number of hydrogen-bond acceptors (Lipinski definition) is 7. The Morgan fingerprint density at radius 1 is 0.935 bits per heavy atom. The van der Waals surface area contributed by atoms with Gasteiger partial charge in [-0.05, 0) is 31.5 Å². The molecule has 1 heterocycles. The highest BCUT2D eigenvalue weighted by Gasteiger charge is 2.17. The molecule has 0 aliphatic carbocycles. The number of benzene rings is 2. The lowest BCUT2D eigenvalue weighted by atomic mass is 10.1. The summed E-state index contributed by atoms with van der Waals surface area (Å²) in [6, 6.07) is 10.5. The maximum absolute atomic E-state index is 12.5. The summed E-state index contributed by atoms with van der Waals surface area (Å²) in [7, 11) is 4.28. The normalized spacial score (nSPS) is 10.5. The molecule has 0 spiro atoms. The SMILES string of the molecule is COC(=O)c1cc(OCC(=O)Nc2ccc(C)cc2C)c2cc(OC)c(OC)cc2n1. The molecule has 8 heteroatoms. The topological polar surface area (TPSA) is 96.0 Å². The van der Waals surface area contributed by atoms with E-state index < -0.39 is 5.97 Å². The van der Waals surface area contributed by atoms with Gasteiger partial charge in [0.1, 0.15) is 5.75 Å². The fraction of sp³-hybridized carbons (Fsp3) is 0.261. The molecule has 1 amide bonds. The van der Waals surface area contributed by atoms with Crippen molar-refractivity contribution in [2.45, 2.75) is 13.8 Å². The zero-order valence-electron chi connectivity index (χ0n) is 18.1. The van der Waals surface area contributed by atoms with Gasteiger partial charge in [0.2, 0.25) is 0 Å². The van der Waals surface area contributed by atoms with Crippen LogP contribution in [0.4, 0.5) is 5.69 Å². The van der Waals surface area contributed by atoms with Crippen molar-refractivity contribution >= 4 is 28.5 Å². The first-order valence-corrected chi connectivity index (χ1v) is 9.51. The van der Waals surface area contributed by atoms with Crippen LogP contribution < -0.4 is 19.5 Å². The molecule has 0 aliphatic rings. The number of aromatic nitrogens is 1. The molecule has 1 aromatic heterocycles. The predicted molar refractivity (Wildman–Crippen MR) is 116 cm³/mol. The molecule has 0 fully saturated rings. The highest BCUT2D eigenvalue weighted by atomic mass is 16.5. The Kier molecular flexibility index (Phi) is 6.59. The Morgan fingerprint density at radius 3 is 2.29 bits per heavy atom. The molecule has 1 N–H and O–H groups in total. The average molecular weight is 424 g/mol. The van der Waals surface area contributed by atoms with Gasteiger partial charge in [0.25, 0.3) is 5.91 Å². The van der Waals surface area contributed by atoms with Crippen molar-refractivity contribution < 1.29 is 28.5 Å². The van der Waals surface area contributed by atoms with Crippen LogP contribution in [0.15, 0.2) is 36.4 Å². The zero-order valence-corrected chi connectivity index (χ0v) is 18.1. The van der Waals surface area contributed by atoms with Gasteiger partial charge in [-0.3, -0.25) is 4.79 Å². The first kappa shape index (κ1) is 21.9. The summed E-state index contributed by atoms with van der Waals surface area (Å²) >= 11 is 0. The van der Waals surface area contributed by atoms with Crippen LogP contribution in [0.2, 0.25) is 0 Å². The fourth-order valence-corrected chi connectivity index (χ4v) is 3.13. The fourth-order valence-electron chi connectivity index (χ4n) is 3.13. The highest BCUT2D eigenvalue weighted by Crippen LogP contribution is 2.36. The Morgan fingerprint density at radius 2 is 1.65 bits per heavy atom. The molecule has 0 radical (unpaired) electrons. The number of pyridine rings is 1. The molecule has 0 unspecified atom stereocenters. The number of hydrogen-bond donors (Lipinski definition) is 1. The van der Waals surface area contributed by atoms with E-state index in [9.17, 15) is 9.59 Å². The van der Waals surface area contributed by atoms with Crippen molar-refractivity contribution in [2.24, 2.45) is 0 Å². The number of rotatable bonds is 7. The van der Waals surface area contributed by atoms with E-state index in [4.69, 9.17) is 18.9 Å². The molecular formula is C23H24N2O6. The second-order valence-electron chi connectivity index (χ2n) is 6.88. The van der Waals surface area contributed by atoms with E-state index in [1.54, 1.807) is 12.1 Å². The third-order valence-corrected chi connectivity index (χ3v) is 4.69. The molecule has 0 saturated heterocycles. The number of carbonyl (C=O) groups is 2. The Labute approximate surface area is 180 Å². The number of amides is 1. The largest absolute Gasteiger partial charge is 0.493 e. The van der Waals surface area contributed by atoms with E-state index in [2.05, 4.69) is 10.3 Å². The molecule has 2 aromatic carbocycles. The minimum absolute atomic E-state index is 0.0482. The van der Waals surface area contributed by atoms with E-state index in [0.717, 1.165) is 11.1 Å². The van der Waals surface area contributed by atoms with Crippen molar-refractivity contribution in [3.8, 4) is 17.2 Å². The molecular weight excluding hydrogens is 400 g/mol. The smallest absolute Gasteiger partial charge is 0.356 e. The summed E-state index contributed by atoms with van der Waals surface area (Å²) in [5, 5.41) is 3.39. The van der Waals surface area contributed by atoms with Crippen LogP contribution in [0, 0.1) is 13.8 Å². The standard InChI is InChI=1S/C23H24N2O6/c1-13-6-7-16(14(2)8-13)25-22(26)12-31-19-11-18(23(27)30-5)24-17-10-21(29-4)20(28-3)9-15(17)19/h6-11H,12H2,1-5H3,(H,25,26). The van der Waals surface area contributed by atoms with Crippen molar-refractivity contribution in [1.29, 1.82) is 0 Å². The molecule has 8 nitrogen and oxygen atoms in total. The molecule has 3 rings (SSSR count). The lowest BCUT2D eigenvalue weighted by Crippen LogP contribution is -2.21. The van der Waals surface area contributed by atoms with Gasteiger partial charge < -0.3 is 24.3 Å². The number of aryl methyl sites for hydroxylation is 2. The predicted octanol–water partition coefficient (Wildman–Crippen LogP) is 3.67. The van der Waals surface area contributed by atoms with Gasteiger partial charge in [-0.2, -0.15) is 0 Å². The number of fused-ring (bicyclic) bond motifs is 1. The maximum Gasteiger partial charge on any atom is 0.356 e. The molecule has 0 bridgehead atoms. The summed E-state index contributed by atoms with van der Waals surface area (Å²) in [5.41, 5.74) is 3.25. The minimum Gasteiger partial charge on any atom is -0.493 e. The third kappa shape index (κ3) is 4.85. The van der Waals surface area contributed by atoms with Crippen molar-refractivity contribution in [3.63, 3.8) is 0 Å². The molecule has 0 saturated carbocycles. The maximum atomic E-state index is 12.5. The average Bonchev–Trinajstić information content (AvgIpc) is 2.77. The number of nitrogens with one attached hydrogen (secondary N) is 1. The number of carbonyl (C=O) groups excluding carboxylic acids is 2. The van der Waals surface area contributed by atoms with Crippen LogP contribution in [0.25, 0.3) is 10.9 Å². The molecule has 31 heavy (non-hydrogen) atoms. The van der Waals surface area contributed by atoms with Crippen molar-refractivity contribution in [2.75, 3.05) is 33.3 Å². The number of anilines is 1. The Hall–Kier alpha value is -3.81. The summed E-state index contributed by atoms with van der Waals surface area (Å²) < 4.78 is 21.2. The molecule has 162 valence electrons. The van der Waals surface area contributed by atoms with Crippen LogP contribution in [0.5, 0.6) is 17.2 Å². The molecule has 3 aromatic rings. The van der Waals surface area contributed by atoms with E-state index in [1.807, 2.05) is 32.0 Å². The number of nitrogens with zero attached hydrogens (tertiary/aromatic N) is 1. The van der Waals surface area contributed by atoms with Crippen LogP contribution in [-0.2, 0) is 9.53 Å². The molecule has 0 atom stereocenters. The minimum atomic E-state index is -0.624. The van der Waals surface area contributed by atoms with Crippen LogP contribution >= 0.6 is 0 Å². The van der Waals surface area contributed by atoms with Gasteiger partial charge >= 0.3 is 5.97 Å². The van der Waals surface area contributed by atoms with Gasteiger partial charge in [-0.1, -0.05) is 17.7 Å². The molecule has 0 aliphatic heterocycles. The lowest BCUT2D eigenvalue weighted by molar-refractivity contribution is -0.118. The van der Waals surface area contributed by atoms with E-state index >= 15 is 0 Å². The summed E-state index contributed by atoms with van der Waals surface area (Å²) in [4.78, 5) is 28.8. The number of ether oxygens (including phenoxy) is 4. The van der Waals surface area contributed by atoms with Crippen LogP contribution in [0.1, 0.15) is 21.6 Å². The third-order valence-electron chi connectivity index (χ3n) is 4.69. The zero-order chi connectivity index (χ0) is 22.5. The van der Waals surface area contributed by atoms with Crippen LogP contribution in [0.3, 0.4) is 0 Å². The second kappa shape index (κ2) is 9.34. The lowest BCUT2D eigenvalue weighted by Gasteiger charge is -2.14. The van der Waals surface area contributed by atoms with E-state index in [-0.39, 0.29) is 18.2 Å². The first-order valence-electron chi connectivity index (χ1n) is 9.51. The number of esters is 1. The van der Waals surface area contributed by atoms with Gasteiger partial charge in [-0.25, -0.2) is 9.78 Å². The summed E-state index contributed by atoms with van der Waals surface area (Å²) in [6.07, 6.45) is 0.